The first-order chi connectivity index (χ1) is 14.1. The van der Waals surface area contributed by atoms with Crippen molar-refractivity contribution in [1.29, 1.82) is 0 Å². The van der Waals surface area contributed by atoms with Gasteiger partial charge >= 0.3 is 6.18 Å². The fraction of sp³-hybridized carbons (Fsp3) is 0.450. The van der Waals surface area contributed by atoms with Gasteiger partial charge in [0.15, 0.2) is 5.82 Å². The van der Waals surface area contributed by atoms with Crippen LogP contribution in [0.2, 0.25) is 0 Å². The summed E-state index contributed by atoms with van der Waals surface area (Å²) < 4.78 is 41.8. The highest BCUT2D eigenvalue weighted by molar-refractivity contribution is 5.78. The number of alkyl halides is 3. The molecule has 1 aromatic heterocycles. The van der Waals surface area contributed by atoms with E-state index >= 15 is 0 Å². The lowest BCUT2D eigenvalue weighted by Gasteiger charge is -2.29. The van der Waals surface area contributed by atoms with Gasteiger partial charge in [-0.3, -0.25) is 9.59 Å². The number of carbonyl (C=O) groups excluding carboxylic acids is 2. The van der Waals surface area contributed by atoms with Crippen LogP contribution in [-0.4, -0.2) is 44.1 Å². The van der Waals surface area contributed by atoms with Gasteiger partial charge in [-0.1, -0.05) is 24.3 Å². The van der Waals surface area contributed by atoms with Crippen molar-refractivity contribution in [3.05, 3.63) is 53.6 Å². The van der Waals surface area contributed by atoms with Crippen LogP contribution in [0.15, 0.2) is 36.7 Å². The van der Waals surface area contributed by atoms with Crippen molar-refractivity contribution in [3.8, 4) is 0 Å². The van der Waals surface area contributed by atoms with Crippen LogP contribution in [0.1, 0.15) is 36.2 Å². The number of amides is 2. The van der Waals surface area contributed by atoms with Gasteiger partial charge in [-0.15, -0.1) is 0 Å². The van der Waals surface area contributed by atoms with Gasteiger partial charge < -0.3 is 19.9 Å². The minimum atomic E-state index is -5.09. The number of benzene rings is 1. The predicted octanol–water partition coefficient (Wildman–Crippen LogP) is 2.00. The molecule has 1 atom stereocenters. The van der Waals surface area contributed by atoms with E-state index in [0.29, 0.717) is 25.1 Å². The largest absolute Gasteiger partial charge is 0.425 e. The molecule has 0 spiro atoms. The molecule has 0 aliphatic carbocycles. The molecule has 2 amide bonds. The third-order valence-electron chi connectivity index (χ3n) is 5.20. The van der Waals surface area contributed by atoms with E-state index in [1.54, 1.807) is 23.1 Å². The molecule has 1 saturated heterocycles. The van der Waals surface area contributed by atoms with Gasteiger partial charge in [0, 0.05) is 45.5 Å². The molecule has 2 heterocycles. The number of nitrogens with one attached hydrogen (secondary N) is 1. The van der Waals surface area contributed by atoms with Crippen molar-refractivity contribution in [2.24, 2.45) is 7.05 Å². The summed E-state index contributed by atoms with van der Waals surface area (Å²) in [6, 6.07) is 7.10. The fourth-order valence-corrected chi connectivity index (χ4v) is 3.52. The summed E-state index contributed by atoms with van der Waals surface area (Å²) in [4.78, 5) is 29.5. The normalized spacial score (nSPS) is 16.6. The minimum Gasteiger partial charge on any atom is -0.374 e. The summed E-state index contributed by atoms with van der Waals surface area (Å²) >= 11 is 0. The Bertz CT molecular complexity index is 928. The number of aryl methyl sites for hydroxylation is 1. The monoisotopic (exact) mass is 424 g/mol. The second-order valence-corrected chi connectivity index (χ2v) is 7.36. The quantitative estimate of drug-likeness (QED) is 0.712. The van der Waals surface area contributed by atoms with Crippen molar-refractivity contribution in [3.63, 3.8) is 0 Å². The van der Waals surface area contributed by atoms with E-state index in [9.17, 15) is 27.9 Å². The lowest BCUT2D eigenvalue weighted by atomic mass is 9.97. The van der Waals surface area contributed by atoms with E-state index in [2.05, 4.69) is 10.3 Å². The Hall–Kier alpha value is -2.88. The molecular weight excluding hydrogens is 401 g/mol. The van der Waals surface area contributed by atoms with Crippen molar-refractivity contribution >= 4 is 11.8 Å². The average molecular weight is 424 g/mol. The number of halogens is 3. The summed E-state index contributed by atoms with van der Waals surface area (Å²) in [5.74, 6) is -1.57. The zero-order valence-electron chi connectivity index (χ0n) is 16.4. The molecule has 0 saturated carbocycles. The molecule has 30 heavy (non-hydrogen) atoms. The maximum atomic E-state index is 13.6. The molecule has 3 rings (SSSR count). The molecule has 1 fully saturated rings. The summed E-state index contributed by atoms with van der Waals surface area (Å²) in [5, 5.41) is 12.8. The maximum absolute atomic E-state index is 13.6. The van der Waals surface area contributed by atoms with Crippen molar-refractivity contribution in [1.82, 2.24) is 19.8 Å². The minimum absolute atomic E-state index is 0.0223. The molecule has 2 aromatic rings. The molecule has 1 aromatic carbocycles. The smallest absolute Gasteiger partial charge is 0.374 e. The van der Waals surface area contributed by atoms with Crippen LogP contribution >= 0.6 is 0 Å². The molecular formula is C20H23F3N4O3. The Morgan fingerprint density at radius 3 is 2.53 bits per heavy atom. The maximum Gasteiger partial charge on any atom is 0.425 e. The second-order valence-electron chi connectivity index (χ2n) is 7.36. The van der Waals surface area contributed by atoms with Gasteiger partial charge in [0.25, 0.3) is 0 Å². The van der Waals surface area contributed by atoms with Gasteiger partial charge in [0.05, 0.1) is 6.42 Å². The number of likely N-dealkylation sites (tertiary alicyclic amines) is 1. The van der Waals surface area contributed by atoms with E-state index < -0.39 is 29.9 Å². The Morgan fingerprint density at radius 2 is 1.97 bits per heavy atom. The average Bonchev–Trinajstić information content (AvgIpc) is 3.28. The van der Waals surface area contributed by atoms with Gasteiger partial charge in [-0.2, -0.15) is 13.2 Å². The van der Waals surface area contributed by atoms with Crippen molar-refractivity contribution in [2.45, 2.75) is 44.1 Å². The first-order valence-electron chi connectivity index (χ1n) is 9.50. The summed E-state index contributed by atoms with van der Waals surface area (Å²) in [6.07, 6.45) is -2.62. The van der Waals surface area contributed by atoms with Gasteiger partial charge in [-0.05, 0) is 17.5 Å². The summed E-state index contributed by atoms with van der Waals surface area (Å²) in [5.41, 5.74) is -1.90. The van der Waals surface area contributed by atoms with Crippen LogP contribution in [0.5, 0.6) is 0 Å². The van der Waals surface area contributed by atoms with Crippen LogP contribution in [0.25, 0.3) is 0 Å². The van der Waals surface area contributed by atoms with Crippen LogP contribution in [0.3, 0.4) is 0 Å². The second kappa shape index (κ2) is 8.47. The zero-order valence-corrected chi connectivity index (χ0v) is 16.4. The number of hydrogen-bond acceptors (Lipinski definition) is 4. The highest BCUT2D eigenvalue weighted by Gasteiger charge is 2.58. The standard InChI is InChI=1S/C20H23F3N4O3/c1-26-10-8-24-18(26)19(30,20(21,22)23)11-16(28)25-12-14-5-2-3-6-15(14)13-27-9-4-7-17(27)29/h2-3,5-6,8,10,30H,4,7,9,11-13H2,1H3,(H,25,28). The molecule has 0 bridgehead atoms. The van der Waals surface area contributed by atoms with Crippen LogP contribution in [0.4, 0.5) is 13.2 Å². The molecule has 1 aliphatic rings. The summed E-state index contributed by atoms with van der Waals surface area (Å²) in [6.45, 7) is 1.01. The Morgan fingerprint density at radius 1 is 1.27 bits per heavy atom. The lowest BCUT2D eigenvalue weighted by molar-refractivity contribution is -0.271. The SMILES string of the molecule is Cn1ccnc1C(O)(CC(=O)NCc1ccccc1CN1CCCC1=O)C(F)(F)F. The first kappa shape index (κ1) is 21.8. The molecule has 162 valence electrons. The number of carbonyl (C=O) groups is 2. The number of imidazole rings is 1. The van der Waals surface area contributed by atoms with E-state index in [1.807, 2.05) is 6.07 Å². The third kappa shape index (κ3) is 4.48. The third-order valence-corrected chi connectivity index (χ3v) is 5.20. The molecule has 7 nitrogen and oxygen atoms in total. The number of aromatic nitrogens is 2. The Balaban J connectivity index is 1.70. The van der Waals surface area contributed by atoms with Crippen molar-refractivity contribution < 1.29 is 27.9 Å². The fourth-order valence-electron chi connectivity index (χ4n) is 3.52. The molecule has 2 N–H and O–H groups in total. The number of hydrogen-bond donors (Lipinski definition) is 2. The first-order valence-corrected chi connectivity index (χ1v) is 9.50. The molecule has 1 unspecified atom stereocenters. The van der Waals surface area contributed by atoms with Gasteiger partial charge in [0.1, 0.15) is 0 Å². The van der Waals surface area contributed by atoms with Crippen LogP contribution in [0, 0.1) is 0 Å². The van der Waals surface area contributed by atoms with E-state index in [-0.39, 0.29) is 12.5 Å². The Labute approximate surface area is 171 Å². The van der Waals surface area contributed by atoms with Crippen molar-refractivity contribution in [2.75, 3.05) is 6.54 Å². The highest BCUT2D eigenvalue weighted by Crippen LogP contribution is 2.40. The highest BCUT2D eigenvalue weighted by atomic mass is 19.4. The number of rotatable bonds is 7. The summed E-state index contributed by atoms with van der Waals surface area (Å²) in [7, 11) is 1.31. The van der Waals surface area contributed by atoms with Gasteiger partial charge in [0.2, 0.25) is 17.4 Å². The van der Waals surface area contributed by atoms with Crippen LogP contribution < -0.4 is 5.32 Å². The van der Waals surface area contributed by atoms with Crippen LogP contribution in [-0.2, 0) is 35.3 Å². The van der Waals surface area contributed by atoms with Gasteiger partial charge in [-0.25, -0.2) is 4.98 Å². The molecule has 1 aliphatic heterocycles. The zero-order chi connectivity index (χ0) is 21.9. The predicted molar refractivity (Wildman–Crippen MR) is 101 cm³/mol. The number of aliphatic hydroxyl groups is 1. The van der Waals surface area contributed by atoms with E-state index in [0.717, 1.165) is 22.7 Å². The Kier molecular flexibility index (Phi) is 6.16. The molecule has 10 heteroatoms. The van der Waals surface area contributed by atoms with E-state index in [4.69, 9.17) is 0 Å². The van der Waals surface area contributed by atoms with E-state index in [1.165, 1.54) is 13.2 Å². The number of nitrogens with zero attached hydrogens (tertiary/aromatic N) is 3. The topological polar surface area (TPSA) is 87.5 Å². The molecule has 0 radical (unpaired) electrons. The lowest BCUT2D eigenvalue weighted by Crippen LogP contribution is -2.47.